The summed E-state index contributed by atoms with van der Waals surface area (Å²) < 4.78 is 2.16. The molecule has 0 saturated heterocycles. The Hall–Kier alpha value is -0.500. The first-order valence-electron chi connectivity index (χ1n) is 4.85. The van der Waals surface area contributed by atoms with Crippen LogP contribution in [0.4, 0.5) is 0 Å². The third-order valence-electron chi connectivity index (χ3n) is 2.41. The van der Waals surface area contributed by atoms with Gasteiger partial charge in [-0.2, -0.15) is 0 Å². The van der Waals surface area contributed by atoms with Crippen LogP contribution < -0.4 is 0 Å². The van der Waals surface area contributed by atoms with Crippen LogP contribution >= 0.6 is 11.6 Å². The molecule has 0 amide bonds. The molecule has 3 heteroatoms. The summed E-state index contributed by atoms with van der Waals surface area (Å²) in [6.07, 6.45) is 4.90. The predicted octanol–water partition coefficient (Wildman–Crippen LogP) is 3.02. The molecule has 0 bridgehead atoms. The van der Waals surface area contributed by atoms with Gasteiger partial charge in [0.05, 0.1) is 0 Å². The van der Waals surface area contributed by atoms with Gasteiger partial charge in [0.2, 0.25) is 0 Å². The summed E-state index contributed by atoms with van der Waals surface area (Å²) in [7, 11) is 0. The molecule has 0 spiro atoms. The normalized spacial score (nSPS) is 15.7. The Morgan fingerprint density at radius 1 is 1.54 bits per heavy atom. The molecule has 0 aromatic carbocycles. The first-order valence-corrected chi connectivity index (χ1v) is 5.29. The van der Waals surface area contributed by atoms with E-state index in [0.717, 1.165) is 18.8 Å². The molecule has 0 saturated carbocycles. The number of hydrogen-bond acceptors (Lipinski definition) is 1. The Labute approximate surface area is 84.9 Å². The van der Waals surface area contributed by atoms with Crippen molar-refractivity contribution in [2.45, 2.75) is 45.0 Å². The highest BCUT2D eigenvalue weighted by atomic mass is 35.5. The van der Waals surface area contributed by atoms with Crippen LogP contribution in [0.1, 0.15) is 38.9 Å². The van der Waals surface area contributed by atoms with Crippen LogP contribution in [0.25, 0.3) is 0 Å². The highest BCUT2D eigenvalue weighted by molar-refractivity contribution is 6.20. The van der Waals surface area contributed by atoms with Gasteiger partial charge in [0.15, 0.2) is 0 Å². The molecule has 2 unspecified atom stereocenters. The minimum Gasteiger partial charge on any atom is -0.335 e. The van der Waals surface area contributed by atoms with Crippen LogP contribution in [-0.4, -0.2) is 14.9 Å². The number of imidazole rings is 1. The summed E-state index contributed by atoms with van der Waals surface area (Å²) in [4.78, 5) is 4.36. The lowest BCUT2D eigenvalue weighted by atomic mass is 10.0. The summed E-state index contributed by atoms with van der Waals surface area (Å²) in [5.41, 5.74) is 0. The van der Waals surface area contributed by atoms with Crippen LogP contribution in [0.15, 0.2) is 12.4 Å². The lowest BCUT2D eigenvalue weighted by molar-refractivity contribution is 0.563. The molecule has 1 heterocycles. The molecule has 2 nitrogen and oxygen atoms in total. The molecule has 1 aromatic rings. The van der Waals surface area contributed by atoms with E-state index in [9.17, 15) is 0 Å². The zero-order valence-corrected chi connectivity index (χ0v) is 9.25. The van der Waals surface area contributed by atoms with Gasteiger partial charge in [0.25, 0.3) is 0 Å². The second-order valence-electron chi connectivity index (χ2n) is 3.26. The number of rotatable bonds is 4. The van der Waals surface area contributed by atoms with Gasteiger partial charge in [-0.15, -0.1) is 11.6 Å². The first kappa shape index (κ1) is 10.6. The van der Waals surface area contributed by atoms with Crippen molar-refractivity contribution in [3.05, 3.63) is 18.2 Å². The van der Waals surface area contributed by atoms with Gasteiger partial charge in [-0.05, 0) is 20.3 Å². The van der Waals surface area contributed by atoms with E-state index >= 15 is 0 Å². The maximum atomic E-state index is 6.11. The van der Waals surface area contributed by atoms with Crippen LogP contribution in [0.5, 0.6) is 0 Å². The van der Waals surface area contributed by atoms with E-state index in [1.807, 2.05) is 19.3 Å². The van der Waals surface area contributed by atoms with Gasteiger partial charge in [-0.1, -0.05) is 6.92 Å². The van der Waals surface area contributed by atoms with E-state index in [0.29, 0.717) is 5.92 Å². The Kier molecular flexibility index (Phi) is 3.79. The van der Waals surface area contributed by atoms with Crippen molar-refractivity contribution >= 4 is 11.6 Å². The summed E-state index contributed by atoms with van der Waals surface area (Å²) >= 11 is 6.11. The number of hydrogen-bond donors (Lipinski definition) is 0. The van der Waals surface area contributed by atoms with Crippen molar-refractivity contribution < 1.29 is 0 Å². The lowest BCUT2D eigenvalue weighted by Crippen LogP contribution is -2.14. The average Bonchev–Trinajstić information content (AvgIpc) is 2.53. The van der Waals surface area contributed by atoms with Gasteiger partial charge in [0.1, 0.15) is 5.82 Å². The first-order chi connectivity index (χ1) is 6.20. The molecule has 0 aliphatic carbocycles. The second-order valence-corrected chi connectivity index (χ2v) is 3.95. The molecule has 1 rings (SSSR count). The fourth-order valence-corrected chi connectivity index (χ4v) is 1.92. The van der Waals surface area contributed by atoms with Gasteiger partial charge < -0.3 is 4.57 Å². The molecule has 1 aromatic heterocycles. The molecule has 0 aliphatic rings. The van der Waals surface area contributed by atoms with E-state index in [-0.39, 0.29) is 5.38 Å². The van der Waals surface area contributed by atoms with Gasteiger partial charge >= 0.3 is 0 Å². The van der Waals surface area contributed by atoms with Crippen LogP contribution in [-0.2, 0) is 6.54 Å². The predicted molar refractivity (Wildman–Crippen MR) is 56.2 cm³/mol. The summed E-state index contributed by atoms with van der Waals surface area (Å²) in [5.74, 6) is 1.49. The molecular formula is C10H17ClN2. The average molecular weight is 201 g/mol. The number of aryl methyl sites for hydroxylation is 1. The maximum Gasteiger partial charge on any atom is 0.113 e. The van der Waals surface area contributed by atoms with Crippen molar-refractivity contribution in [3.63, 3.8) is 0 Å². The van der Waals surface area contributed by atoms with E-state index < -0.39 is 0 Å². The minimum atomic E-state index is 0.151. The van der Waals surface area contributed by atoms with Crippen molar-refractivity contribution in [2.24, 2.45) is 0 Å². The number of nitrogens with zero attached hydrogens (tertiary/aromatic N) is 2. The zero-order valence-electron chi connectivity index (χ0n) is 8.50. The molecule has 2 atom stereocenters. The highest BCUT2D eigenvalue weighted by Gasteiger charge is 2.19. The van der Waals surface area contributed by atoms with Crippen LogP contribution in [0.2, 0.25) is 0 Å². The SMILES string of the molecule is CCC(c1nccn1CC)C(C)Cl. The van der Waals surface area contributed by atoms with E-state index in [1.165, 1.54) is 0 Å². The van der Waals surface area contributed by atoms with Crippen LogP contribution in [0.3, 0.4) is 0 Å². The Balaban J connectivity index is 2.90. The third kappa shape index (κ3) is 2.25. The molecule has 0 aliphatic heterocycles. The third-order valence-corrected chi connectivity index (χ3v) is 2.72. The lowest BCUT2D eigenvalue weighted by Gasteiger charge is -2.17. The fraction of sp³-hybridized carbons (Fsp3) is 0.700. The maximum absolute atomic E-state index is 6.11. The highest BCUT2D eigenvalue weighted by Crippen LogP contribution is 2.25. The second kappa shape index (κ2) is 4.66. The summed E-state index contributed by atoms with van der Waals surface area (Å²) in [6, 6.07) is 0. The molecule has 0 radical (unpaired) electrons. The van der Waals surface area contributed by atoms with Gasteiger partial charge in [-0.25, -0.2) is 4.98 Å². The Morgan fingerprint density at radius 2 is 2.23 bits per heavy atom. The van der Waals surface area contributed by atoms with Crippen molar-refractivity contribution in [1.29, 1.82) is 0 Å². The minimum absolute atomic E-state index is 0.151. The molecule has 13 heavy (non-hydrogen) atoms. The largest absolute Gasteiger partial charge is 0.335 e. The van der Waals surface area contributed by atoms with E-state index in [2.05, 4.69) is 23.4 Å². The number of alkyl halides is 1. The standard InChI is InChI=1S/C10H17ClN2/c1-4-9(8(3)11)10-12-6-7-13(10)5-2/h6-9H,4-5H2,1-3H3. The number of aromatic nitrogens is 2. The molecule has 0 fully saturated rings. The van der Waals surface area contributed by atoms with Gasteiger partial charge in [-0.3, -0.25) is 0 Å². The Morgan fingerprint density at radius 3 is 2.69 bits per heavy atom. The number of halogens is 1. The van der Waals surface area contributed by atoms with Crippen molar-refractivity contribution in [1.82, 2.24) is 9.55 Å². The van der Waals surface area contributed by atoms with E-state index in [4.69, 9.17) is 11.6 Å². The molecule has 0 N–H and O–H groups in total. The topological polar surface area (TPSA) is 17.8 Å². The van der Waals surface area contributed by atoms with Crippen molar-refractivity contribution in [2.75, 3.05) is 0 Å². The summed E-state index contributed by atoms with van der Waals surface area (Å²) in [6.45, 7) is 7.27. The van der Waals surface area contributed by atoms with Crippen molar-refractivity contribution in [3.8, 4) is 0 Å². The van der Waals surface area contributed by atoms with Gasteiger partial charge in [0, 0.05) is 30.2 Å². The fourth-order valence-electron chi connectivity index (χ4n) is 1.63. The monoisotopic (exact) mass is 200 g/mol. The Bertz CT molecular complexity index is 255. The zero-order chi connectivity index (χ0) is 9.84. The molecular weight excluding hydrogens is 184 g/mol. The smallest absolute Gasteiger partial charge is 0.113 e. The molecule has 74 valence electrons. The van der Waals surface area contributed by atoms with E-state index in [1.54, 1.807) is 0 Å². The summed E-state index contributed by atoms with van der Waals surface area (Å²) in [5, 5.41) is 0.151. The quantitative estimate of drug-likeness (QED) is 0.684. The van der Waals surface area contributed by atoms with Crippen LogP contribution in [0, 0.1) is 0 Å².